The molecule has 1 aromatic carbocycles. The standard InChI is InChI=1S/C36H52N2O3S/c1-30-19-21-31(22-20-30)29-41-27-26-37-28-35(34-16-11-8-12-17-34)38-42(39,40)36(2)24-13-18-33(23-25-36)32-14-9-6-4-3-5-7-10-15-32/h8,11-13,16-19,22-25,32,35,37-38H,3-7,9-10,14-15,20-21,26-29H2,1-2H3. The highest BCUT2D eigenvalue weighted by Crippen LogP contribution is 2.32. The van der Waals surface area contributed by atoms with Crippen molar-refractivity contribution in [2.24, 2.45) is 5.92 Å². The van der Waals surface area contributed by atoms with E-state index in [-0.39, 0.29) is 0 Å². The van der Waals surface area contributed by atoms with Gasteiger partial charge in [-0.1, -0.05) is 123 Å². The second-order valence-corrected chi connectivity index (χ2v) is 14.6. The highest BCUT2D eigenvalue weighted by Gasteiger charge is 2.37. The third-order valence-corrected chi connectivity index (χ3v) is 11.0. The summed E-state index contributed by atoms with van der Waals surface area (Å²) in [4.78, 5) is 0. The van der Waals surface area contributed by atoms with Crippen molar-refractivity contribution in [3.05, 3.63) is 95.1 Å². The molecule has 0 aliphatic heterocycles. The maximum Gasteiger partial charge on any atom is 0.224 e. The first kappa shape index (κ1) is 32.7. The molecule has 0 spiro atoms. The van der Waals surface area contributed by atoms with Crippen molar-refractivity contribution in [1.29, 1.82) is 0 Å². The van der Waals surface area contributed by atoms with Crippen LogP contribution in [0.5, 0.6) is 0 Å². The van der Waals surface area contributed by atoms with Crippen LogP contribution in [0.4, 0.5) is 0 Å². The average Bonchev–Trinajstić information content (AvgIpc) is 3.21. The van der Waals surface area contributed by atoms with Crippen molar-refractivity contribution in [2.45, 2.75) is 95.3 Å². The van der Waals surface area contributed by atoms with Gasteiger partial charge in [-0.05, 0) is 62.2 Å². The Labute approximate surface area is 255 Å². The fraction of sp³-hybridized carbons (Fsp3) is 0.556. The SMILES string of the molecule is CC1=CCC(COCCNCC(NS(=O)(=O)C2(C)C=CC=C(C3CCCCCCCCC3)C=C2)c2ccccc2)=CC1. The molecule has 2 atom stereocenters. The molecule has 6 heteroatoms. The Balaban J connectivity index is 1.35. The van der Waals surface area contributed by atoms with Crippen LogP contribution in [0.2, 0.25) is 0 Å². The Bertz CT molecular complexity index is 1240. The van der Waals surface area contributed by atoms with E-state index in [9.17, 15) is 8.42 Å². The minimum atomic E-state index is -3.74. The van der Waals surface area contributed by atoms with Gasteiger partial charge in [0.25, 0.3) is 0 Å². The van der Waals surface area contributed by atoms with Gasteiger partial charge in [0.1, 0.15) is 4.75 Å². The zero-order chi connectivity index (χ0) is 29.7. The fourth-order valence-electron chi connectivity index (χ4n) is 6.03. The molecule has 0 heterocycles. The van der Waals surface area contributed by atoms with Gasteiger partial charge >= 0.3 is 0 Å². The molecule has 0 bridgehead atoms. The molecule has 1 saturated carbocycles. The molecule has 0 radical (unpaired) electrons. The van der Waals surface area contributed by atoms with E-state index in [0.29, 0.717) is 32.2 Å². The maximum atomic E-state index is 13.9. The molecule has 5 nitrogen and oxygen atoms in total. The zero-order valence-corrected chi connectivity index (χ0v) is 26.6. The highest BCUT2D eigenvalue weighted by atomic mass is 32.2. The topological polar surface area (TPSA) is 67.4 Å². The summed E-state index contributed by atoms with van der Waals surface area (Å²) in [5, 5.41) is 3.42. The molecule has 2 unspecified atom stereocenters. The Morgan fingerprint density at radius 3 is 2.36 bits per heavy atom. The van der Waals surface area contributed by atoms with Gasteiger partial charge in [-0.15, -0.1) is 0 Å². The Morgan fingerprint density at radius 1 is 0.952 bits per heavy atom. The molecule has 0 aromatic heterocycles. The lowest BCUT2D eigenvalue weighted by Gasteiger charge is -2.27. The zero-order valence-electron chi connectivity index (χ0n) is 25.8. The normalized spacial score (nSPS) is 23.4. The van der Waals surface area contributed by atoms with E-state index in [1.165, 1.54) is 74.5 Å². The lowest BCUT2D eigenvalue weighted by Crippen LogP contribution is -2.45. The summed E-state index contributed by atoms with van der Waals surface area (Å²) in [6.45, 7) is 6.31. The van der Waals surface area contributed by atoms with E-state index in [4.69, 9.17) is 4.74 Å². The smallest absolute Gasteiger partial charge is 0.224 e. The molecule has 3 aliphatic carbocycles. The van der Waals surface area contributed by atoms with E-state index in [1.54, 1.807) is 6.92 Å². The monoisotopic (exact) mass is 592 g/mol. The summed E-state index contributed by atoms with van der Waals surface area (Å²) in [6, 6.07) is 9.44. The van der Waals surface area contributed by atoms with Crippen molar-refractivity contribution < 1.29 is 13.2 Å². The van der Waals surface area contributed by atoms with Crippen LogP contribution in [-0.2, 0) is 14.8 Å². The number of hydrogen-bond acceptors (Lipinski definition) is 4. The van der Waals surface area contributed by atoms with Crippen LogP contribution in [0.1, 0.15) is 96.1 Å². The van der Waals surface area contributed by atoms with Gasteiger partial charge in [-0.25, -0.2) is 13.1 Å². The highest BCUT2D eigenvalue weighted by molar-refractivity contribution is 7.91. The molecule has 0 amide bonds. The van der Waals surface area contributed by atoms with Crippen LogP contribution < -0.4 is 10.0 Å². The summed E-state index contributed by atoms with van der Waals surface area (Å²) in [6.07, 6.45) is 27.9. The molecule has 1 aromatic rings. The second-order valence-electron chi connectivity index (χ2n) is 12.5. The number of allylic oxidation sites excluding steroid dienone is 7. The number of hydrogen-bond donors (Lipinski definition) is 2. The summed E-state index contributed by atoms with van der Waals surface area (Å²) < 4.78 is 35.7. The van der Waals surface area contributed by atoms with Gasteiger partial charge in [-0.3, -0.25) is 0 Å². The van der Waals surface area contributed by atoms with Crippen LogP contribution in [0.3, 0.4) is 0 Å². The maximum absolute atomic E-state index is 13.9. The second kappa shape index (κ2) is 16.6. The third-order valence-electron chi connectivity index (χ3n) is 8.96. The lowest BCUT2D eigenvalue weighted by molar-refractivity contribution is 0.156. The third kappa shape index (κ3) is 9.90. The molecule has 3 aliphatic rings. The van der Waals surface area contributed by atoms with Gasteiger partial charge in [-0.2, -0.15) is 0 Å². The van der Waals surface area contributed by atoms with E-state index in [1.807, 2.05) is 48.6 Å². The van der Waals surface area contributed by atoms with E-state index >= 15 is 0 Å². The quantitative estimate of drug-likeness (QED) is 0.191. The molecule has 2 N–H and O–H groups in total. The van der Waals surface area contributed by atoms with Crippen molar-refractivity contribution in [3.8, 4) is 0 Å². The number of benzene rings is 1. The number of nitrogens with one attached hydrogen (secondary N) is 2. The predicted octanol–water partition coefficient (Wildman–Crippen LogP) is 7.87. The number of sulfonamides is 1. The first-order valence-corrected chi connectivity index (χ1v) is 17.6. The Morgan fingerprint density at radius 2 is 1.67 bits per heavy atom. The summed E-state index contributed by atoms with van der Waals surface area (Å²) in [5.74, 6) is 0.500. The summed E-state index contributed by atoms with van der Waals surface area (Å²) in [5.41, 5.74) is 4.94. The predicted molar refractivity (Wildman–Crippen MR) is 176 cm³/mol. The molecular formula is C36H52N2O3S. The molecule has 1 fully saturated rings. The van der Waals surface area contributed by atoms with Crippen LogP contribution in [-0.4, -0.2) is 39.5 Å². The summed E-state index contributed by atoms with van der Waals surface area (Å²) >= 11 is 0. The van der Waals surface area contributed by atoms with Crippen LogP contribution in [0, 0.1) is 5.92 Å². The molecule has 4 rings (SSSR count). The van der Waals surface area contributed by atoms with Crippen molar-refractivity contribution in [1.82, 2.24) is 10.0 Å². The van der Waals surface area contributed by atoms with Crippen molar-refractivity contribution >= 4 is 10.0 Å². The first-order chi connectivity index (χ1) is 20.4. The number of ether oxygens (including phenoxy) is 1. The van der Waals surface area contributed by atoms with Crippen LogP contribution >= 0.6 is 0 Å². The van der Waals surface area contributed by atoms with Crippen molar-refractivity contribution in [2.75, 3.05) is 26.3 Å². The number of rotatable bonds is 12. The van der Waals surface area contributed by atoms with E-state index < -0.39 is 20.8 Å². The van der Waals surface area contributed by atoms with Crippen molar-refractivity contribution in [3.63, 3.8) is 0 Å². The van der Waals surface area contributed by atoms with Gasteiger partial charge in [0, 0.05) is 13.1 Å². The minimum absolute atomic E-state index is 0.391. The van der Waals surface area contributed by atoms with Crippen LogP contribution in [0.25, 0.3) is 0 Å². The molecular weight excluding hydrogens is 540 g/mol. The van der Waals surface area contributed by atoms with Gasteiger partial charge in [0.2, 0.25) is 10.0 Å². The Kier molecular flexibility index (Phi) is 12.9. The van der Waals surface area contributed by atoms with Gasteiger partial charge in [0.05, 0.1) is 19.3 Å². The first-order valence-electron chi connectivity index (χ1n) is 16.1. The Hall–Kier alpha value is -2.25. The molecule has 0 saturated heterocycles. The van der Waals surface area contributed by atoms with E-state index in [0.717, 1.165) is 18.4 Å². The van der Waals surface area contributed by atoms with E-state index in [2.05, 4.69) is 41.3 Å². The lowest BCUT2D eigenvalue weighted by atomic mass is 9.86. The summed E-state index contributed by atoms with van der Waals surface area (Å²) in [7, 11) is -3.74. The molecule has 42 heavy (non-hydrogen) atoms. The van der Waals surface area contributed by atoms with Gasteiger partial charge < -0.3 is 10.1 Å². The molecule has 230 valence electrons. The fourth-order valence-corrected chi connectivity index (χ4v) is 7.39. The van der Waals surface area contributed by atoms with Crippen LogP contribution in [0.15, 0.2) is 89.6 Å². The van der Waals surface area contributed by atoms with Gasteiger partial charge in [0.15, 0.2) is 0 Å². The average molecular weight is 593 g/mol. The minimum Gasteiger partial charge on any atom is -0.376 e. The largest absolute Gasteiger partial charge is 0.376 e.